The van der Waals surface area contributed by atoms with Crippen molar-refractivity contribution >= 4 is 0 Å². The van der Waals surface area contributed by atoms with E-state index < -0.39 is 12.2 Å². The van der Waals surface area contributed by atoms with Crippen LogP contribution < -0.4 is 0 Å². The zero-order valence-corrected chi connectivity index (χ0v) is 20.8. The first-order valence-electron chi connectivity index (χ1n) is 12.9. The lowest BCUT2D eigenvalue weighted by atomic mass is 10.0. The van der Waals surface area contributed by atoms with E-state index in [-0.39, 0.29) is 0 Å². The van der Waals surface area contributed by atoms with Gasteiger partial charge in [-0.3, -0.25) is 0 Å². The number of hydrogen-bond donors (Lipinski definition) is 1. The highest BCUT2D eigenvalue weighted by Crippen LogP contribution is 2.14. The number of aliphatic hydroxyl groups is 1. The summed E-state index contributed by atoms with van der Waals surface area (Å²) in [6, 6.07) is 3.48. The van der Waals surface area contributed by atoms with Gasteiger partial charge in [-0.1, -0.05) is 84.0 Å². The topological polar surface area (TPSA) is 77.0 Å². The molecule has 0 saturated heterocycles. The van der Waals surface area contributed by atoms with Crippen molar-refractivity contribution < 1.29 is 14.3 Å². The van der Waals surface area contributed by atoms with E-state index in [1.165, 1.54) is 96.4 Å². The van der Waals surface area contributed by atoms with Gasteiger partial charge in [0.1, 0.15) is 0 Å². The fourth-order valence-electron chi connectivity index (χ4n) is 3.94. The maximum absolute atomic E-state index is 9.59. The van der Waals surface area contributed by atoms with Crippen LogP contribution >= 0.6 is 0 Å². The molecular weight excluding hydrogens is 386 g/mol. The minimum atomic E-state index is -1.30. The van der Waals surface area contributed by atoms with E-state index >= 15 is 0 Å². The van der Waals surface area contributed by atoms with Crippen molar-refractivity contribution in [3.05, 3.63) is 0 Å². The third-order valence-corrected chi connectivity index (χ3v) is 6.13. The molecule has 180 valence electrons. The maximum Gasteiger partial charge on any atom is 0.183 e. The molecule has 0 aliphatic carbocycles. The van der Waals surface area contributed by atoms with Gasteiger partial charge in [-0.15, -0.1) is 0 Å². The lowest BCUT2D eigenvalue weighted by molar-refractivity contribution is -0.890. The molecule has 0 bridgehead atoms. The second-order valence-electron chi connectivity index (χ2n) is 9.68. The molecular formula is C26H50N3O2+. The van der Waals surface area contributed by atoms with Gasteiger partial charge in [0.05, 0.1) is 45.9 Å². The number of nitriles is 2. The van der Waals surface area contributed by atoms with Crippen LogP contribution in [0.15, 0.2) is 0 Å². The lowest BCUT2D eigenvalue weighted by Gasteiger charge is -2.30. The SMILES string of the molecule is CCCCCCCCCCCCCCCC[N+](C)(C)CCCCOC(O)C(C#N)C#N. The molecule has 0 fully saturated rings. The summed E-state index contributed by atoms with van der Waals surface area (Å²) in [5.74, 6) is -1.10. The minimum Gasteiger partial charge on any atom is -0.366 e. The fourth-order valence-corrected chi connectivity index (χ4v) is 3.94. The largest absolute Gasteiger partial charge is 0.366 e. The standard InChI is InChI=1S/C26H50N3O2/c1-4-5-6-7-8-9-10-11-12-13-14-15-16-17-20-29(2,3)21-18-19-22-31-26(30)25(23-27)24-28/h25-26,30H,4-22H2,1-3H3/q+1. The molecule has 0 aromatic rings. The molecule has 0 aromatic carbocycles. The summed E-state index contributed by atoms with van der Waals surface area (Å²) in [7, 11) is 4.55. The van der Waals surface area contributed by atoms with Crippen LogP contribution in [0.2, 0.25) is 0 Å². The number of rotatable bonds is 22. The number of aliphatic hydroxyl groups excluding tert-OH is 1. The summed E-state index contributed by atoms with van der Waals surface area (Å²) >= 11 is 0. The third-order valence-electron chi connectivity index (χ3n) is 6.13. The predicted octanol–water partition coefficient (Wildman–Crippen LogP) is 6.32. The van der Waals surface area contributed by atoms with Gasteiger partial charge in [0.2, 0.25) is 0 Å². The van der Waals surface area contributed by atoms with E-state index in [2.05, 4.69) is 21.0 Å². The Morgan fingerprint density at radius 1 is 0.677 bits per heavy atom. The van der Waals surface area contributed by atoms with Crippen LogP contribution in [-0.2, 0) is 4.74 Å². The van der Waals surface area contributed by atoms with E-state index in [4.69, 9.17) is 15.3 Å². The second kappa shape index (κ2) is 20.7. The van der Waals surface area contributed by atoms with E-state index in [1.807, 2.05) is 0 Å². The maximum atomic E-state index is 9.59. The Bertz CT molecular complexity index is 468. The van der Waals surface area contributed by atoms with Crippen molar-refractivity contribution in [3.63, 3.8) is 0 Å². The zero-order valence-electron chi connectivity index (χ0n) is 20.8. The Kier molecular flexibility index (Phi) is 20.0. The molecule has 1 atom stereocenters. The summed E-state index contributed by atoms with van der Waals surface area (Å²) < 4.78 is 6.20. The van der Waals surface area contributed by atoms with Gasteiger partial charge in [0, 0.05) is 0 Å². The van der Waals surface area contributed by atoms with Crippen LogP contribution in [0, 0.1) is 28.6 Å². The Balaban J connectivity index is 3.47. The third kappa shape index (κ3) is 19.3. The number of ether oxygens (including phenoxy) is 1. The lowest BCUT2D eigenvalue weighted by Crippen LogP contribution is -2.41. The summed E-state index contributed by atoms with van der Waals surface area (Å²) in [5, 5.41) is 27.0. The highest BCUT2D eigenvalue weighted by atomic mass is 16.6. The van der Waals surface area contributed by atoms with Crippen LogP contribution in [0.5, 0.6) is 0 Å². The Morgan fingerprint density at radius 2 is 1.06 bits per heavy atom. The summed E-state index contributed by atoms with van der Waals surface area (Å²) in [5.41, 5.74) is 0. The quantitative estimate of drug-likeness (QED) is 0.122. The predicted molar refractivity (Wildman–Crippen MR) is 128 cm³/mol. The molecule has 1 unspecified atom stereocenters. The van der Waals surface area contributed by atoms with Crippen LogP contribution in [0.1, 0.15) is 110 Å². The molecule has 0 aliphatic rings. The summed E-state index contributed by atoms with van der Waals surface area (Å²) in [6.45, 7) is 4.95. The molecule has 0 radical (unpaired) electrons. The molecule has 5 nitrogen and oxygen atoms in total. The molecule has 0 spiro atoms. The number of hydrogen-bond acceptors (Lipinski definition) is 4. The Morgan fingerprint density at radius 3 is 1.48 bits per heavy atom. The van der Waals surface area contributed by atoms with Crippen molar-refractivity contribution in [1.29, 1.82) is 10.5 Å². The van der Waals surface area contributed by atoms with E-state index in [1.54, 1.807) is 12.1 Å². The zero-order chi connectivity index (χ0) is 23.2. The average molecular weight is 437 g/mol. The molecule has 0 rings (SSSR count). The van der Waals surface area contributed by atoms with Gasteiger partial charge >= 0.3 is 0 Å². The van der Waals surface area contributed by atoms with Crippen molar-refractivity contribution in [2.45, 2.75) is 116 Å². The van der Waals surface area contributed by atoms with E-state index in [0.29, 0.717) is 6.61 Å². The van der Waals surface area contributed by atoms with Gasteiger partial charge < -0.3 is 14.3 Å². The number of quaternary nitrogens is 1. The van der Waals surface area contributed by atoms with Crippen LogP contribution in [-0.4, -0.2) is 49.7 Å². The van der Waals surface area contributed by atoms with Gasteiger partial charge in [0.25, 0.3) is 0 Å². The molecule has 0 aliphatic heterocycles. The Hall–Kier alpha value is -1.14. The van der Waals surface area contributed by atoms with Crippen LogP contribution in [0.25, 0.3) is 0 Å². The Labute approximate surface area is 193 Å². The second-order valence-corrected chi connectivity index (χ2v) is 9.68. The van der Waals surface area contributed by atoms with E-state index in [0.717, 1.165) is 23.9 Å². The minimum absolute atomic E-state index is 0.389. The van der Waals surface area contributed by atoms with Crippen molar-refractivity contribution in [3.8, 4) is 12.1 Å². The summed E-state index contributed by atoms with van der Waals surface area (Å²) in [6.07, 6.45) is 20.1. The van der Waals surface area contributed by atoms with Crippen molar-refractivity contribution in [1.82, 2.24) is 0 Å². The smallest absolute Gasteiger partial charge is 0.183 e. The highest BCUT2D eigenvalue weighted by molar-refractivity contribution is 5.00. The van der Waals surface area contributed by atoms with Gasteiger partial charge in [-0.2, -0.15) is 10.5 Å². The van der Waals surface area contributed by atoms with Gasteiger partial charge in [0.15, 0.2) is 12.2 Å². The molecule has 0 heterocycles. The normalized spacial score (nSPS) is 12.6. The first-order valence-corrected chi connectivity index (χ1v) is 12.9. The molecule has 0 amide bonds. The molecule has 1 N–H and O–H groups in total. The van der Waals surface area contributed by atoms with Crippen molar-refractivity contribution in [2.24, 2.45) is 5.92 Å². The average Bonchev–Trinajstić information content (AvgIpc) is 2.74. The first-order chi connectivity index (χ1) is 15.0. The highest BCUT2D eigenvalue weighted by Gasteiger charge is 2.19. The van der Waals surface area contributed by atoms with E-state index in [9.17, 15) is 5.11 Å². The summed E-state index contributed by atoms with van der Waals surface area (Å²) in [4.78, 5) is 0. The number of unbranched alkanes of at least 4 members (excludes halogenated alkanes) is 14. The monoisotopic (exact) mass is 436 g/mol. The van der Waals surface area contributed by atoms with Gasteiger partial charge in [-0.05, 0) is 25.7 Å². The fraction of sp³-hybridized carbons (Fsp3) is 0.923. The van der Waals surface area contributed by atoms with Crippen LogP contribution in [0.3, 0.4) is 0 Å². The molecule has 0 aromatic heterocycles. The molecule has 5 heteroatoms. The molecule has 0 saturated carbocycles. The first kappa shape index (κ1) is 29.9. The van der Waals surface area contributed by atoms with Gasteiger partial charge in [-0.25, -0.2) is 0 Å². The number of nitrogens with zero attached hydrogens (tertiary/aromatic N) is 3. The van der Waals surface area contributed by atoms with Crippen LogP contribution in [0.4, 0.5) is 0 Å². The molecule has 31 heavy (non-hydrogen) atoms. The van der Waals surface area contributed by atoms with Crippen molar-refractivity contribution in [2.75, 3.05) is 33.8 Å².